The van der Waals surface area contributed by atoms with Crippen LogP contribution in [0.4, 0.5) is 16.3 Å². The number of alkyl carbamates (subject to hydrolysis) is 1. The van der Waals surface area contributed by atoms with E-state index in [1.807, 2.05) is 44.2 Å². The van der Waals surface area contributed by atoms with E-state index in [0.29, 0.717) is 12.4 Å². The number of pyridine rings is 1. The molecule has 0 aliphatic rings. The number of carbonyl (C=O) groups excluding carboxylic acids is 2. The molecule has 2 aromatic rings. The Labute approximate surface area is 184 Å². The van der Waals surface area contributed by atoms with Gasteiger partial charge in [-0.15, -0.1) is 11.8 Å². The number of aromatic nitrogens is 1. The number of nitrogens with zero attached hydrogens (tertiary/aromatic N) is 2. The summed E-state index contributed by atoms with van der Waals surface area (Å²) < 4.78 is 5.19. The Morgan fingerprint density at radius 2 is 1.90 bits per heavy atom. The fraction of sp³-hybridized carbons (Fsp3) is 0.350. The van der Waals surface area contributed by atoms with Crippen LogP contribution < -0.4 is 16.0 Å². The number of carbonyl (C=O) groups is 2. The highest BCUT2D eigenvalue weighted by molar-refractivity contribution is 8.01. The van der Waals surface area contributed by atoms with Crippen molar-refractivity contribution in [2.75, 3.05) is 18.4 Å². The molecule has 0 saturated heterocycles. The summed E-state index contributed by atoms with van der Waals surface area (Å²) >= 11 is 1.30. The number of hydrogen-bond acceptors (Lipinski definition) is 8. The van der Waals surface area contributed by atoms with Crippen LogP contribution in [0, 0.1) is 10.1 Å². The molecule has 31 heavy (non-hydrogen) atoms. The first-order valence-electron chi connectivity index (χ1n) is 9.60. The van der Waals surface area contributed by atoms with E-state index in [1.54, 1.807) is 0 Å². The van der Waals surface area contributed by atoms with Gasteiger partial charge in [-0.1, -0.05) is 44.2 Å². The smallest absolute Gasteiger partial charge is 0.408 e. The van der Waals surface area contributed by atoms with Gasteiger partial charge in [0.25, 0.3) is 11.6 Å². The number of ether oxygens (including phenoxy) is 1. The van der Waals surface area contributed by atoms with E-state index in [0.717, 1.165) is 11.8 Å². The normalized spacial score (nSPS) is 11.5. The predicted molar refractivity (Wildman–Crippen MR) is 119 cm³/mol. The average molecular weight is 448 g/mol. The molecule has 1 heterocycles. The van der Waals surface area contributed by atoms with Gasteiger partial charge in [0.1, 0.15) is 18.6 Å². The van der Waals surface area contributed by atoms with E-state index < -0.39 is 16.4 Å². The zero-order chi connectivity index (χ0) is 22.6. The van der Waals surface area contributed by atoms with Crippen molar-refractivity contribution in [1.29, 1.82) is 0 Å². The van der Waals surface area contributed by atoms with Crippen LogP contribution in [0.15, 0.2) is 48.7 Å². The Morgan fingerprint density at radius 3 is 2.52 bits per heavy atom. The number of nitrogens with one attached hydrogen (secondary N) is 3. The summed E-state index contributed by atoms with van der Waals surface area (Å²) in [6.07, 6.45) is 0.478. The maximum absolute atomic E-state index is 12.5. The van der Waals surface area contributed by atoms with E-state index >= 15 is 0 Å². The molecule has 0 fully saturated rings. The molecule has 3 N–H and O–H groups in total. The van der Waals surface area contributed by atoms with Crippen LogP contribution in [-0.2, 0) is 16.1 Å². The Hall–Kier alpha value is -3.34. The number of nitro groups is 1. The molecule has 0 aliphatic heterocycles. The van der Waals surface area contributed by atoms with Gasteiger partial charge in [0, 0.05) is 24.4 Å². The van der Waals surface area contributed by atoms with Crippen LogP contribution in [0.25, 0.3) is 0 Å². The first-order chi connectivity index (χ1) is 14.8. The molecule has 1 aromatic heterocycles. The quantitative estimate of drug-likeness (QED) is 0.207. The molecule has 0 saturated carbocycles. The molecule has 1 unspecified atom stereocenters. The van der Waals surface area contributed by atoms with Gasteiger partial charge in [-0.25, -0.2) is 9.78 Å². The number of amides is 2. The Balaban J connectivity index is 1.77. The predicted octanol–water partition coefficient (Wildman–Crippen LogP) is 2.91. The minimum Gasteiger partial charge on any atom is -0.445 e. The first-order valence-corrected chi connectivity index (χ1v) is 10.5. The Kier molecular flexibility index (Phi) is 9.56. The van der Waals surface area contributed by atoms with Gasteiger partial charge >= 0.3 is 6.09 Å². The zero-order valence-electron chi connectivity index (χ0n) is 17.2. The number of anilines is 1. The fourth-order valence-corrected chi connectivity index (χ4v) is 3.29. The molecule has 0 aliphatic carbocycles. The van der Waals surface area contributed by atoms with Crippen molar-refractivity contribution >= 4 is 35.3 Å². The lowest BCUT2D eigenvalue weighted by Gasteiger charge is -2.19. The third kappa shape index (κ3) is 8.91. The molecule has 2 amide bonds. The second kappa shape index (κ2) is 12.4. The molecule has 0 radical (unpaired) electrons. The molecule has 10 nitrogen and oxygen atoms in total. The Bertz CT molecular complexity index is 864. The lowest BCUT2D eigenvalue weighted by atomic mass is 10.2. The van der Waals surface area contributed by atoms with Crippen LogP contribution in [0.2, 0.25) is 0 Å². The van der Waals surface area contributed by atoms with Gasteiger partial charge in [-0.2, -0.15) is 0 Å². The maximum atomic E-state index is 12.5. The fourth-order valence-electron chi connectivity index (χ4n) is 2.37. The molecule has 166 valence electrons. The van der Waals surface area contributed by atoms with Crippen LogP contribution in [-0.4, -0.2) is 45.6 Å². The topological polar surface area (TPSA) is 135 Å². The zero-order valence-corrected chi connectivity index (χ0v) is 18.1. The van der Waals surface area contributed by atoms with Crippen LogP contribution in [0.1, 0.15) is 19.4 Å². The Morgan fingerprint density at radius 1 is 1.16 bits per heavy atom. The molecule has 1 atom stereocenters. The monoisotopic (exact) mass is 447 g/mol. The number of rotatable bonds is 11. The summed E-state index contributed by atoms with van der Waals surface area (Å²) in [5, 5.41) is 18.2. The lowest BCUT2D eigenvalue weighted by Crippen LogP contribution is -2.46. The molecule has 2 rings (SSSR count). The summed E-state index contributed by atoms with van der Waals surface area (Å²) in [4.78, 5) is 38.6. The molecule has 0 spiro atoms. The second-order valence-electron chi connectivity index (χ2n) is 6.65. The number of benzene rings is 1. The van der Waals surface area contributed by atoms with E-state index in [1.165, 1.54) is 23.9 Å². The van der Waals surface area contributed by atoms with Crippen LogP contribution in [0.5, 0.6) is 0 Å². The summed E-state index contributed by atoms with van der Waals surface area (Å²) in [5.41, 5.74) is 0.749. The molecule has 11 heteroatoms. The lowest BCUT2D eigenvalue weighted by molar-refractivity contribution is -0.385. The first kappa shape index (κ1) is 23.9. The van der Waals surface area contributed by atoms with Crippen molar-refractivity contribution < 1.29 is 19.2 Å². The molecular weight excluding hydrogens is 422 g/mol. The number of hydrogen-bond donors (Lipinski definition) is 3. The maximum Gasteiger partial charge on any atom is 0.408 e. The molecule has 1 aromatic carbocycles. The van der Waals surface area contributed by atoms with Crippen molar-refractivity contribution in [1.82, 2.24) is 15.6 Å². The summed E-state index contributed by atoms with van der Waals surface area (Å²) in [6.45, 7) is 4.58. The van der Waals surface area contributed by atoms with Crippen molar-refractivity contribution in [3.63, 3.8) is 0 Å². The third-order valence-electron chi connectivity index (χ3n) is 3.80. The largest absolute Gasteiger partial charge is 0.445 e. The highest BCUT2D eigenvalue weighted by atomic mass is 32.2. The minimum atomic E-state index is -0.805. The minimum absolute atomic E-state index is 0.0994. The highest BCUT2D eigenvalue weighted by Crippen LogP contribution is 2.16. The van der Waals surface area contributed by atoms with E-state index in [2.05, 4.69) is 20.9 Å². The average Bonchev–Trinajstić information content (AvgIpc) is 2.75. The van der Waals surface area contributed by atoms with Gasteiger partial charge in [0.05, 0.1) is 4.92 Å². The summed E-state index contributed by atoms with van der Waals surface area (Å²) in [7, 11) is 0. The van der Waals surface area contributed by atoms with Crippen molar-refractivity contribution in [2.45, 2.75) is 31.1 Å². The third-order valence-corrected chi connectivity index (χ3v) is 4.95. The van der Waals surface area contributed by atoms with Crippen molar-refractivity contribution in [2.24, 2.45) is 0 Å². The van der Waals surface area contributed by atoms with E-state index in [-0.39, 0.29) is 30.0 Å². The summed E-state index contributed by atoms with van der Waals surface area (Å²) in [6, 6.07) is 12.1. The summed E-state index contributed by atoms with van der Waals surface area (Å²) in [5.74, 6) is 0.101. The second-order valence-corrected chi connectivity index (χ2v) is 8.33. The molecular formula is C20H25N5O5S. The molecule has 0 bridgehead atoms. The number of thioether (sulfide) groups is 1. The van der Waals surface area contributed by atoms with E-state index in [4.69, 9.17) is 4.74 Å². The van der Waals surface area contributed by atoms with E-state index in [9.17, 15) is 19.7 Å². The highest BCUT2D eigenvalue weighted by Gasteiger charge is 2.23. The van der Waals surface area contributed by atoms with Gasteiger partial charge in [0.15, 0.2) is 5.37 Å². The van der Waals surface area contributed by atoms with Gasteiger partial charge in [0.2, 0.25) is 0 Å². The van der Waals surface area contributed by atoms with Crippen molar-refractivity contribution in [3.8, 4) is 0 Å². The SMILES string of the molecule is CC(C)SC(NC(=O)OCc1ccccc1)C(=O)NCCNc1ccc([N+](=O)[O-])cn1. The standard InChI is InChI=1S/C20H25N5O5S/c1-14(2)31-19(24-20(27)30-13-15-6-4-3-5-7-15)18(26)22-11-10-21-17-9-8-16(12-23-17)25(28)29/h3-9,12,14,19H,10-11,13H2,1-2H3,(H,21,23)(H,22,26)(H,24,27). The van der Waals surface area contributed by atoms with Gasteiger partial charge < -0.3 is 20.7 Å². The van der Waals surface area contributed by atoms with Gasteiger partial charge in [-0.3, -0.25) is 14.9 Å². The van der Waals surface area contributed by atoms with Crippen LogP contribution >= 0.6 is 11.8 Å². The van der Waals surface area contributed by atoms with Crippen LogP contribution in [0.3, 0.4) is 0 Å². The van der Waals surface area contributed by atoms with Gasteiger partial charge in [-0.05, 0) is 11.6 Å². The van der Waals surface area contributed by atoms with Crippen molar-refractivity contribution in [3.05, 3.63) is 64.3 Å².